The molecule has 2 atom stereocenters. The van der Waals surface area contributed by atoms with Crippen LogP contribution in [0.25, 0.3) is 0 Å². The average Bonchev–Trinajstić information content (AvgIpc) is 2.56. The van der Waals surface area contributed by atoms with Crippen LogP contribution in [0.5, 0.6) is 0 Å². The smallest absolute Gasteiger partial charge is 0.0931 e. The van der Waals surface area contributed by atoms with E-state index in [9.17, 15) is 5.11 Å². The predicted octanol–water partition coefficient (Wildman–Crippen LogP) is 2.34. The fourth-order valence-corrected chi connectivity index (χ4v) is 2.88. The molecule has 14 heavy (non-hydrogen) atoms. The number of rotatable bonds is 2. The van der Waals surface area contributed by atoms with Crippen LogP contribution >= 0.6 is 22.9 Å². The van der Waals surface area contributed by atoms with Gasteiger partial charge < -0.3 is 9.84 Å². The first-order valence-corrected chi connectivity index (χ1v) is 5.95. The Morgan fingerprint density at radius 1 is 1.57 bits per heavy atom. The van der Waals surface area contributed by atoms with Crippen molar-refractivity contribution < 1.29 is 9.84 Å². The third-order valence-electron chi connectivity index (χ3n) is 2.53. The molecular formula is C10H13ClO2S. The molecule has 2 heterocycles. The van der Waals surface area contributed by atoms with Gasteiger partial charge in [0.1, 0.15) is 0 Å². The van der Waals surface area contributed by atoms with Gasteiger partial charge in [-0.2, -0.15) is 0 Å². The molecule has 0 saturated carbocycles. The van der Waals surface area contributed by atoms with Gasteiger partial charge in [0.25, 0.3) is 0 Å². The van der Waals surface area contributed by atoms with E-state index in [2.05, 4.69) is 0 Å². The summed E-state index contributed by atoms with van der Waals surface area (Å²) < 4.78 is 6.15. The Morgan fingerprint density at radius 2 is 2.43 bits per heavy atom. The molecule has 0 amide bonds. The normalized spacial score (nSPS) is 27.9. The lowest BCUT2D eigenvalue weighted by Crippen LogP contribution is -2.32. The topological polar surface area (TPSA) is 29.5 Å². The molecule has 1 fully saturated rings. The Balaban J connectivity index is 1.95. The molecule has 2 unspecified atom stereocenters. The molecule has 78 valence electrons. The Hall–Kier alpha value is -0.0900. The highest BCUT2D eigenvalue weighted by Crippen LogP contribution is 2.26. The highest BCUT2D eigenvalue weighted by Gasteiger charge is 2.24. The summed E-state index contributed by atoms with van der Waals surface area (Å²) in [5.41, 5.74) is 0. The Labute approximate surface area is 92.5 Å². The lowest BCUT2D eigenvalue weighted by molar-refractivity contribution is -0.0347. The van der Waals surface area contributed by atoms with Gasteiger partial charge in [-0.15, -0.1) is 11.3 Å². The molecule has 0 aromatic carbocycles. The maximum absolute atomic E-state index is 9.73. The molecule has 1 N–H and O–H groups in total. The van der Waals surface area contributed by atoms with E-state index in [0.29, 0.717) is 13.2 Å². The monoisotopic (exact) mass is 232 g/mol. The van der Waals surface area contributed by atoms with Crippen molar-refractivity contribution in [3.8, 4) is 0 Å². The summed E-state index contributed by atoms with van der Waals surface area (Å²) >= 11 is 7.42. The van der Waals surface area contributed by atoms with Crippen molar-refractivity contribution in [3.63, 3.8) is 0 Å². The lowest BCUT2D eigenvalue weighted by atomic mass is 9.95. The van der Waals surface area contributed by atoms with Gasteiger partial charge in [-0.05, 0) is 25.0 Å². The SMILES string of the molecule is OC1CCOCC1Cc1ccc(Cl)s1. The molecular weight excluding hydrogens is 220 g/mol. The van der Waals surface area contributed by atoms with Crippen LogP contribution in [0, 0.1) is 5.92 Å². The number of hydrogen-bond acceptors (Lipinski definition) is 3. The van der Waals surface area contributed by atoms with Gasteiger partial charge in [-0.3, -0.25) is 0 Å². The molecule has 1 aromatic heterocycles. The summed E-state index contributed by atoms with van der Waals surface area (Å²) in [6.45, 7) is 1.35. The second-order valence-corrected chi connectivity index (χ2v) is 5.40. The van der Waals surface area contributed by atoms with E-state index in [1.807, 2.05) is 12.1 Å². The molecule has 2 nitrogen and oxygen atoms in total. The van der Waals surface area contributed by atoms with Gasteiger partial charge in [-0.25, -0.2) is 0 Å². The predicted molar refractivity (Wildman–Crippen MR) is 58.0 cm³/mol. The van der Waals surface area contributed by atoms with E-state index in [4.69, 9.17) is 16.3 Å². The van der Waals surface area contributed by atoms with Crippen molar-refractivity contribution in [2.45, 2.75) is 18.9 Å². The Bertz CT molecular complexity index is 300. The fraction of sp³-hybridized carbons (Fsp3) is 0.600. The third-order valence-corrected chi connectivity index (χ3v) is 3.78. The van der Waals surface area contributed by atoms with Crippen LogP contribution in [0.4, 0.5) is 0 Å². The molecule has 1 aliphatic rings. The van der Waals surface area contributed by atoms with E-state index in [1.165, 1.54) is 4.88 Å². The fourth-order valence-electron chi connectivity index (χ4n) is 1.70. The number of ether oxygens (including phenoxy) is 1. The van der Waals surface area contributed by atoms with Gasteiger partial charge in [0.2, 0.25) is 0 Å². The van der Waals surface area contributed by atoms with Crippen molar-refractivity contribution >= 4 is 22.9 Å². The number of thiophene rings is 1. The molecule has 1 saturated heterocycles. The van der Waals surface area contributed by atoms with E-state index in [0.717, 1.165) is 17.2 Å². The van der Waals surface area contributed by atoms with Crippen LogP contribution in [0.1, 0.15) is 11.3 Å². The number of aliphatic hydroxyl groups excluding tert-OH is 1. The van der Waals surface area contributed by atoms with Crippen LogP contribution in [0.15, 0.2) is 12.1 Å². The average molecular weight is 233 g/mol. The number of aliphatic hydroxyl groups is 1. The quantitative estimate of drug-likeness (QED) is 0.848. The van der Waals surface area contributed by atoms with Gasteiger partial charge in [0.05, 0.1) is 17.0 Å². The summed E-state index contributed by atoms with van der Waals surface area (Å²) in [5.74, 6) is 0.235. The zero-order valence-electron chi connectivity index (χ0n) is 7.78. The molecule has 0 bridgehead atoms. The van der Waals surface area contributed by atoms with Crippen molar-refractivity contribution in [1.82, 2.24) is 0 Å². The zero-order chi connectivity index (χ0) is 9.97. The zero-order valence-corrected chi connectivity index (χ0v) is 9.35. The second kappa shape index (κ2) is 4.62. The summed E-state index contributed by atoms with van der Waals surface area (Å²) in [7, 11) is 0. The van der Waals surface area contributed by atoms with Gasteiger partial charge in [-0.1, -0.05) is 11.6 Å². The van der Waals surface area contributed by atoms with Gasteiger partial charge in [0.15, 0.2) is 0 Å². The minimum Gasteiger partial charge on any atom is -0.393 e. The van der Waals surface area contributed by atoms with Crippen LogP contribution in [-0.2, 0) is 11.2 Å². The largest absolute Gasteiger partial charge is 0.393 e. The van der Waals surface area contributed by atoms with E-state index in [1.54, 1.807) is 11.3 Å². The second-order valence-electron chi connectivity index (χ2n) is 3.60. The summed E-state index contributed by atoms with van der Waals surface area (Å²) in [5, 5.41) is 9.73. The van der Waals surface area contributed by atoms with Crippen LogP contribution < -0.4 is 0 Å². The highest BCUT2D eigenvalue weighted by atomic mass is 35.5. The number of hydrogen-bond donors (Lipinski definition) is 1. The molecule has 0 radical (unpaired) electrons. The van der Waals surface area contributed by atoms with Crippen molar-refractivity contribution in [3.05, 3.63) is 21.3 Å². The Morgan fingerprint density at radius 3 is 3.07 bits per heavy atom. The summed E-state index contributed by atoms with van der Waals surface area (Å²) in [6, 6.07) is 3.92. The first-order chi connectivity index (χ1) is 6.75. The maximum Gasteiger partial charge on any atom is 0.0931 e. The summed E-state index contributed by atoms with van der Waals surface area (Å²) in [6.07, 6.45) is 1.41. The van der Waals surface area contributed by atoms with Crippen molar-refractivity contribution in [1.29, 1.82) is 0 Å². The standard InChI is InChI=1S/C10H13ClO2S/c11-10-2-1-8(14-10)5-7-6-13-4-3-9(7)12/h1-2,7,9,12H,3-6H2. The molecule has 0 spiro atoms. The van der Waals surface area contributed by atoms with Gasteiger partial charge in [0, 0.05) is 17.4 Å². The molecule has 0 aliphatic carbocycles. The summed E-state index contributed by atoms with van der Waals surface area (Å²) in [4.78, 5) is 1.23. The molecule has 1 aromatic rings. The van der Waals surface area contributed by atoms with Crippen molar-refractivity contribution in [2.75, 3.05) is 13.2 Å². The Kier molecular flexibility index (Phi) is 3.44. The van der Waals surface area contributed by atoms with E-state index in [-0.39, 0.29) is 12.0 Å². The minimum atomic E-state index is -0.218. The molecule has 4 heteroatoms. The minimum absolute atomic E-state index is 0.218. The van der Waals surface area contributed by atoms with Crippen LogP contribution in [0.3, 0.4) is 0 Å². The lowest BCUT2D eigenvalue weighted by Gasteiger charge is -2.27. The van der Waals surface area contributed by atoms with Crippen LogP contribution in [0.2, 0.25) is 4.34 Å². The van der Waals surface area contributed by atoms with E-state index >= 15 is 0 Å². The first-order valence-electron chi connectivity index (χ1n) is 4.76. The molecule has 2 rings (SSSR count). The van der Waals surface area contributed by atoms with Crippen LogP contribution in [-0.4, -0.2) is 24.4 Å². The first kappa shape index (κ1) is 10.4. The number of halogens is 1. The maximum atomic E-state index is 9.73. The third kappa shape index (κ3) is 2.48. The van der Waals surface area contributed by atoms with Crippen molar-refractivity contribution in [2.24, 2.45) is 5.92 Å². The molecule has 1 aliphatic heterocycles. The highest BCUT2D eigenvalue weighted by molar-refractivity contribution is 7.16. The van der Waals surface area contributed by atoms with E-state index < -0.39 is 0 Å². The van der Waals surface area contributed by atoms with Gasteiger partial charge >= 0.3 is 0 Å².